The third-order valence-corrected chi connectivity index (χ3v) is 4.30. The Hall–Kier alpha value is -0.740. The summed E-state index contributed by atoms with van der Waals surface area (Å²) < 4.78 is 1.08. The van der Waals surface area contributed by atoms with Crippen molar-refractivity contribution in [3.8, 4) is 0 Å². The number of halogens is 2. The molecule has 6 heteroatoms. The second-order valence-corrected chi connectivity index (χ2v) is 6.11. The van der Waals surface area contributed by atoms with E-state index in [-0.39, 0.29) is 5.91 Å². The second-order valence-electron chi connectivity index (χ2n) is 4.62. The van der Waals surface area contributed by atoms with Crippen LogP contribution in [0.3, 0.4) is 0 Å². The van der Waals surface area contributed by atoms with E-state index in [1.807, 2.05) is 10.8 Å². The molecule has 1 fully saturated rings. The quantitative estimate of drug-likeness (QED) is 0.660. The van der Waals surface area contributed by atoms with Crippen LogP contribution in [0.25, 0.3) is 0 Å². The summed E-state index contributed by atoms with van der Waals surface area (Å²) in [6, 6.07) is 0. The van der Waals surface area contributed by atoms with Crippen LogP contribution in [-0.4, -0.2) is 26.3 Å². The van der Waals surface area contributed by atoms with E-state index in [4.69, 9.17) is 23.2 Å². The van der Waals surface area contributed by atoms with E-state index < -0.39 is 9.75 Å². The van der Waals surface area contributed by atoms with Gasteiger partial charge in [0, 0.05) is 25.5 Å². The molecule has 1 aromatic heterocycles. The van der Waals surface area contributed by atoms with Crippen molar-refractivity contribution in [1.29, 1.82) is 0 Å². The molecule has 0 bridgehead atoms. The number of nitrogens with zero attached hydrogens (tertiary/aromatic N) is 2. The van der Waals surface area contributed by atoms with Crippen LogP contribution >= 0.6 is 23.2 Å². The van der Waals surface area contributed by atoms with Crippen molar-refractivity contribution in [3.63, 3.8) is 0 Å². The Morgan fingerprint density at radius 3 is 2.82 bits per heavy atom. The summed E-state index contributed by atoms with van der Waals surface area (Å²) in [6.45, 7) is 3.25. The molecule has 94 valence electrons. The number of amides is 1. The average Bonchev–Trinajstić information content (AvgIpc) is 2.70. The van der Waals surface area contributed by atoms with Crippen molar-refractivity contribution in [2.45, 2.75) is 30.6 Å². The molecule has 1 saturated carbocycles. The van der Waals surface area contributed by atoms with E-state index in [0.29, 0.717) is 13.0 Å². The second kappa shape index (κ2) is 4.50. The lowest BCUT2D eigenvalue weighted by molar-refractivity contribution is -0.125. The van der Waals surface area contributed by atoms with Gasteiger partial charge in [-0.25, -0.2) is 4.98 Å². The number of aromatic nitrogens is 2. The average molecular weight is 276 g/mol. The largest absolute Gasteiger partial charge is 0.355 e. The van der Waals surface area contributed by atoms with Gasteiger partial charge in [0.2, 0.25) is 5.91 Å². The zero-order valence-corrected chi connectivity index (χ0v) is 11.1. The number of carbonyl (C=O) groups excluding carboxylic acids is 1. The highest BCUT2D eigenvalue weighted by Crippen LogP contribution is 2.63. The SMILES string of the molecule is C[C@@]1(C(=O)NCCCn2ccnc2)CC1(Cl)Cl. The van der Waals surface area contributed by atoms with Gasteiger partial charge >= 0.3 is 0 Å². The predicted octanol–water partition coefficient (Wildman–Crippen LogP) is 1.97. The number of imidazole rings is 1. The maximum atomic E-state index is 11.8. The zero-order chi connectivity index (χ0) is 12.5. The van der Waals surface area contributed by atoms with Crippen LogP contribution in [0.4, 0.5) is 0 Å². The molecule has 0 saturated heterocycles. The number of hydrogen-bond donors (Lipinski definition) is 1. The van der Waals surface area contributed by atoms with Gasteiger partial charge in [-0.05, 0) is 19.8 Å². The van der Waals surface area contributed by atoms with E-state index in [1.165, 1.54) is 0 Å². The molecule has 0 radical (unpaired) electrons. The number of alkyl halides is 2. The van der Waals surface area contributed by atoms with Gasteiger partial charge in [-0.1, -0.05) is 0 Å². The van der Waals surface area contributed by atoms with E-state index in [9.17, 15) is 4.79 Å². The Kier molecular flexibility index (Phi) is 3.36. The lowest BCUT2D eigenvalue weighted by Crippen LogP contribution is -2.34. The smallest absolute Gasteiger partial charge is 0.229 e. The molecule has 1 N–H and O–H groups in total. The fourth-order valence-corrected chi connectivity index (χ4v) is 2.43. The van der Waals surface area contributed by atoms with Gasteiger partial charge in [-0.2, -0.15) is 0 Å². The molecule has 0 unspecified atom stereocenters. The summed E-state index contributed by atoms with van der Waals surface area (Å²) in [7, 11) is 0. The lowest BCUT2D eigenvalue weighted by atomic mass is 10.1. The molecule has 1 amide bonds. The van der Waals surface area contributed by atoms with Gasteiger partial charge in [0.1, 0.15) is 4.33 Å². The first kappa shape index (κ1) is 12.7. The number of rotatable bonds is 5. The monoisotopic (exact) mass is 275 g/mol. The molecule has 0 aromatic carbocycles. The number of aryl methyl sites for hydroxylation is 1. The van der Waals surface area contributed by atoms with Crippen LogP contribution in [0.15, 0.2) is 18.7 Å². The minimum absolute atomic E-state index is 0.0619. The first-order valence-corrected chi connectivity index (χ1v) is 6.33. The zero-order valence-electron chi connectivity index (χ0n) is 9.62. The Morgan fingerprint density at radius 1 is 1.59 bits per heavy atom. The highest BCUT2D eigenvalue weighted by molar-refractivity contribution is 6.53. The highest BCUT2D eigenvalue weighted by Gasteiger charge is 2.67. The lowest BCUT2D eigenvalue weighted by Gasteiger charge is -2.12. The van der Waals surface area contributed by atoms with Crippen molar-refractivity contribution >= 4 is 29.1 Å². The minimum Gasteiger partial charge on any atom is -0.355 e. The van der Waals surface area contributed by atoms with Crippen molar-refractivity contribution in [2.75, 3.05) is 6.54 Å². The van der Waals surface area contributed by atoms with E-state index >= 15 is 0 Å². The summed E-state index contributed by atoms with van der Waals surface area (Å²) >= 11 is 11.9. The first-order chi connectivity index (χ1) is 7.96. The van der Waals surface area contributed by atoms with E-state index in [1.54, 1.807) is 19.4 Å². The van der Waals surface area contributed by atoms with Crippen molar-refractivity contribution < 1.29 is 4.79 Å². The molecule has 1 atom stereocenters. The molecular weight excluding hydrogens is 261 g/mol. The standard InChI is InChI=1S/C11H15Cl2N3O/c1-10(7-11(10,12)13)9(17)15-3-2-5-16-6-4-14-8-16/h4,6,8H,2-3,5,7H2,1H3,(H,15,17)/t10-/m0/s1. The van der Waals surface area contributed by atoms with E-state index in [2.05, 4.69) is 10.3 Å². The third kappa shape index (κ3) is 2.58. The Labute approximate surface area is 110 Å². The fraction of sp³-hybridized carbons (Fsp3) is 0.636. The summed E-state index contributed by atoms with van der Waals surface area (Å²) in [5.41, 5.74) is -0.620. The Balaban J connectivity index is 1.68. The molecular formula is C11H15Cl2N3O. The van der Waals surface area contributed by atoms with Crippen LogP contribution in [0.5, 0.6) is 0 Å². The highest BCUT2D eigenvalue weighted by atomic mass is 35.5. The summed E-state index contributed by atoms with van der Waals surface area (Å²) in [5, 5.41) is 2.86. The maximum absolute atomic E-state index is 11.8. The van der Waals surface area contributed by atoms with Gasteiger partial charge in [-0.15, -0.1) is 23.2 Å². The van der Waals surface area contributed by atoms with E-state index in [0.717, 1.165) is 13.0 Å². The van der Waals surface area contributed by atoms with Crippen molar-refractivity contribution in [3.05, 3.63) is 18.7 Å². The normalized spacial score (nSPS) is 25.6. The minimum atomic E-state index is -0.887. The molecule has 1 heterocycles. The number of carbonyl (C=O) groups is 1. The molecule has 1 aromatic rings. The third-order valence-electron chi connectivity index (χ3n) is 3.20. The Morgan fingerprint density at radius 2 is 2.29 bits per heavy atom. The van der Waals surface area contributed by atoms with Gasteiger partial charge < -0.3 is 9.88 Å². The van der Waals surface area contributed by atoms with Crippen LogP contribution in [0.1, 0.15) is 19.8 Å². The first-order valence-electron chi connectivity index (χ1n) is 5.58. The summed E-state index contributed by atoms with van der Waals surface area (Å²) in [4.78, 5) is 15.7. The van der Waals surface area contributed by atoms with Gasteiger partial charge in [0.15, 0.2) is 0 Å². The molecule has 0 aliphatic heterocycles. The number of hydrogen-bond acceptors (Lipinski definition) is 2. The summed E-state index contributed by atoms with van der Waals surface area (Å²) in [6.07, 6.45) is 6.77. The van der Waals surface area contributed by atoms with Crippen molar-refractivity contribution in [1.82, 2.24) is 14.9 Å². The molecule has 17 heavy (non-hydrogen) atoms. The fourth-order valence-electron chi connectivity index (χ4n) is 1.72. The van der Waals surface area contributed by atoms with Gasteiger partial charge in [0.25, 0.3) is 0 Å². The predicted molar refractivity (Wildman–Crippen MR) is 67.0 cm³/mol. The molecule has 1 aliphatic rings. The molecule has 4 nitrogen and oxygen atoms in total. The van der Waals surface area contributed by atoms with Crippen LogP contribution in [0, 0.1) is 5.41 Å². The van der Waals surface area contributed by atoms with Crippen LogP contribution in [0.2, 0.25) is 0 Å². The Bertz CT molecular complexity index is 405. The topological polar surface area (TPSA) is 46.9 Å². The van der Waals surface area contributed by atoms with Crippen LogP contribution < -0.4 is 5.32 Å². The van der Waals surface area contributed by atoms with Crippen molar-refractivity contribution in [2.24, 2.45) is 5.41 Å². The summed E-state index contributed by atoms with van der Waals surface area (Å²) in [5.74, 6) is -0.0619. The van der Waals surface area contributed by atoms with Gasteiger partial charge in [0.05, 0.1) is 11.7 Å². The van der Waals surface area contributed by atoms with Crippen LogP contribution in [-0.2, 0) is 11.3 Å². The van der Waals surface area contributed by atoms with Gasteiger partial charge in [-0.3, -0.25) is 4.79 Å². The molecule has 0 spiro atoms. The maximum Gasteiger partial charge on any atom is 0.229 e. The molecule has 1 aliphatic carbocycles. The molecule has 2 rings (SSSR count). The number of nitrogens with one attached hydrogen (secondary N) is 1.